The fourth-order valence-electron chi connectivity index (χ4n) is 4.11. The molecule has 0 bridgehead atoms. The van der Waals surface area contributed by atoms with E-state index < -0.39 is 7.92 Å². The van der Waals surface area contributed by atoms with Gasteiger partial charge in [-0.3, -0.25) is 0 Å². The van der Waals surface area contributed by atoms with Gasteiger partial charge in [0.15, 0.2) is 0 Å². The predicted molar refractivity (Wildman–Crippen MR) is 142 cm³/mol. The van der Waals surface area contributed by atoms with Gasteiger partial charge in [-0.1, -0.05) is 0 Å². The largest absolute Gasteiger partial charge is 0.496 e. The second kappa shape index (κ2) is 12.8. The van der Waals surface area contributed by atoms with Gasteiger partial charge in [-0.05, 0) is 53.1 Å². The molecule has 200 valence electrons. The normalized spacial score (nSPS) is 10.9. The van der Waals surface area contributed by atoms with Crippen molar-refractivity contribution < 1.29 is 43.7 Å². The van der Waals surface area contributed by atoms with E-state index in [0.29, 0.717) is 67.1 Å². The fraction of sp³-hybridized carbons (Fsp3) is 0.333. The molecule has 0 fully saturated rings. The zero-order valence-electron chi connectivity index (χ0n) is 21.8. The molecule has 0 aromatic heterocycles. The lowest BCUT2D eigenvalue weighted by atomic mass is 10.2. The Hall–Kier alpha value is -3.23. The third-order valence-electron chi connectivity index (χ3n) is 5.84. The average molecular weight is 533 g/mol. The van der Waals surface area contributed by atoms with Crippen LogP contribution in [0.15, 0.2) is 36.4 Å². The Kier molecular flexibility index (Phi) is 9.83. The molecule has 10 heteroatoms. The van der Waals surface area contributed by atoms with Crippen molar-refractivity contribution in [2.75, 3.05) is 42.7 Å². The zero-order chi connectivity index (χ0) is 27.1. The van der Waals surface area contributed by atoms with Crippen LogP contribution >= 0.6 is 7.92 Å². The topological polar surface area (TPSA) is 116 Å². The van der Waals surface area contributed by atoms with Gasteiger partial charge in [-0.25, -0.2) is 0 Å². The van der Waals surface area contributed by atoms with Crippen LogP contribution in [-0.4, -0.2) is 58.0 Å². The summed E-state index contributed by atoms with van der Waals surface area (Å²) >= 11 is 0. The first-order valence-corrected chi connectivity index (χ1v) is 12.7. The Morgan fingerprint density at radius 3 is 0.757 bits per heavy atom. The van der Waals surface area contributed by atoms with Gasteiger partial charge < -0.3 is 43.7 Å². The fourth-order valence-corrected chi connectivity index (χ4v) is 7.04. The van der Waals surface area contributed by atoms with Gasteiger partial charge in [0.2, 0.25) is 0 Å². The van der Waals surface area contributed by atoms with E-state index in [1.54, 1.807) is 79.1 Å². The van der Waals surface area contributed by atoms with Crippen LogP contribution < -0.4 is 44.3 Å². The lowest BCUT2D eigenvalue weighted by Crippen LogP contribution is -2.28. The van der Waals surface area contributed by atoms with Crippen LogP contribution in [0.5, 0.6) is 34.5 Å². The molecular formula is C27H33O9P. The van der Waals surface area contributed by atoms with Crippen molar-refractivity contribution in [3.05, 3.63) is 53.1 Å². The van der Waals surface area contributed by atoms with Gasteiger partial charge >= 0.3 is 0 Å². The Bertz CT molecular complexity index is 1000. The first-order valence-electron chi connectivity index (χ1n) is 11.3. The number of hydrogen-bond donors (Lipinski definition) is 3. The average Bonchev–Trinajstić information content (AvgIpc) is 2.96. The van der Waals surface area contributed by atoms with Crippen molar-refractivity contribution in [1.82, 2.24) is 0 Å². The van der Waals surface area contributed by atoms with Gasteiger partial charge in [0.05, 0.1) is 78.4 Å². The van der Waals surface area contributed by atoms with E-state index in [4.69, 9.17) is 28.4 Å². The number of hydrogen-bond acceptors (Lipinski definition) is 9. The molecule has 0 aliphatic heterocycles. The molecule has 0 saturated heterocycles. The summed E-state index contributed by atoms with van der Waals surface area (Å²) < 4.78 is 34.9. The maximum Gasteiger partial charge on any atom is 0.131 e. The molecule has 37 heavy (non-hydrogen) atoms. The molecule has 3 N–H and O–H groups in total. The Balaban J connectivity index is 2.59. The molecule has 0 atom stereocenters. The summed E-state index contributed by atoms with van der Waals surface area (Å²) in [7, 11) is 7.59. The quantitative estimate of drug-likeness (QED) is 0.301. The smallest absolute Gasteiger partial charge is 0.131 e. The monoisotopic (exact) mass is 532 g/mol. The summed E-state index contributed by atoms with van der Waals surface area (Å²) in [4.78, 5) is 0. The molecule has 0 saturated carbocycles. The van der Waals surface area contributed by atoms with E-state index in [1.165, 1.54) is 0 Å². The van der Waals surface area contributed by atoms with Crippen LogP contribution in [0.2, 0.25) is 0 Å². The Labute approximate surface area is 217 Å². The van der Waals surface area contributed by atoms with E-state index in [-0.39, 0.29) is 19.8 Å². The third-order valence-corrected chi connectivity index (χ3v) is 8.50. The highest BCUT2D eigenvalue weighted by Gasteiger charge is 2.35. The van der Waals surface area contributed by atoms with Crippen molar-refractivity contribution in [1.29, 1.82) is 0 Å². The molecule has 0 radical (unpaired) electrons. The minimum Gasteiger partial charge on any atom is -0.496 e. The second-order valence-electron chi connectivity index (χ2n) is 7.86. The minimum absolute atomic E-state index is 0.208. The summed E-state index contributed by atoms with van der Waals surface area (Å²) in [5, 5.41) is 31.6. The van der Waals surface area contributed by atoms with Gasteiger partial charge in [-0.15, -0.1) is 0 Å². The highest BCUT2D eigenvalue weighted by Crippen LogP contribution is 2.50. The molecule has 0 spiro atoms. The predicted octanol–water partition coefficient (Wildman–Crippen LogP) is 1.97. The summed E-state index contributed by atoms with van der Waals surface area (Å²) in [5.74, 6) is 2.83. The summed E-state index contributed by atoms with van der Waals surface area (Å²) in [6, 6.07) is 10.5. The van der Waals surface area contributed by atoms with Crippen molar-refractivity contribution in [2.24, 2.45) is 0 Å². The molecule has 0 aliphatic rings. The third kappa shape index (κ3) is 5.55. The van der Waals surface area contributed by atoms with E-state index in [1.807, 2.05) is 0 Å². The number of aliphatic hydroxyl groups is 3. The highest BCUT2D eigenvalue weighted by molar-refractivity contribution is 7.81. The molecular weight excluding hydrogens is 499 g/mol. The maximum absolute atomic E-state index is 9.85. The van der Waals surface area contributed by atoms with Crippen LogP contribution in [0.25, 0.3) is 0 Å². The molecule has 3 aromatic carbocycles. The molecule has 3 rings (SSSR count). The van der Waals surface area contributed by atoms with Crippen LogP contribution in [0.4, 0.5) is 0 Å². The van der Waals surface area contributed by atoms with Crippen molar-refractivity contribution in [3.8, 4) is 34.5 Å². The lowest BCUT2D eigenvalue weighted by Gasteiger charge is -2.29. The van der Waals surface area contributed by atoms with Gasteiger partial charge in [0, 0.05) is 7.92 Å². The molecule has 0 heterocycles. The first kappa shape index (κ1) is 28.3. The molecule has 3 aromatic rings. The van der Waals surface area contributed by atoms with Crippen LogP contribution in [0.1, 0.15) is 16.7 Å². The highest BCUT2D eigenvalue weighted by atomic mass is 31.1. The minimum atomic E-state index is -1.65. The molecule has 0 aliphatic carbocycles. The van der Waals surface area contributed by atoms with Crippen LogP contribution in [0.3, 0.4) is 0 Å². The maximum atomic E-state index is 9.85. The molecule has 9 nitrogen and oxygen atoms in total. The van der Waals surface area contributed by atoms with Gasteiger partial charge in [0.1, 0.15) is 34.5 Å². The van der Waals surface area contributed by atoms with Gasteiger partial charge in [-0.2, -0.15) is 0 Å². The summed E-state index contributed by atoms with van der Waals surface area (Å²) in [5.41, 5.74) is 1.82. The Morgan fingerprint density at radius 2 is 0.622 bits per heavy atom. The van der Waals surface area contributed by atoms with E-state index >= 15 is 0 Å². The Morgan fingerprint density at radius 1 is 0.432 bits per heavy atom. The number of rotatable bonds is 12. The lowest BCUT2D eigenvalue weighted by molar-refractivity contribution is 0.280. The van der Waals surface area contributed by atoms with E-state index in [9.17, 15) is 15.3 Å². The number of benzene rings is 3. The van der Waals surface area contributed by atoms with Crippen molar-refractivity contribution in [3.63, 3.8) is 0 Å². The standard InChI is InChI=1S/C27H33O9P/c1-31-19-7-16(13-28)8-20(32-2)25(19)37(26-21(33-3)9-17(14-29)10-22(26)34-4)27-23(35-5)11-18(15-30)12-24(27)36-6/h7-12,28-30H,13-15H2,1-6H3. The number of ether oxygens (including phenoxy) is 6. The van der Waals surface area contributed by atoms with Crippen LogP contribution in [-0.2, 0) is 19.8 Å². The second-order valence-corrected chi connectivity index (χ2v) is 9.87. The number of methoxy groups -OCH3 is 6. The SMILES string of the molecule is COc1cc(CO)cc(OC)c1P(c1c(OC)cc(CO)cc1OC)c1c(OC)cc(CO)cc1OC. The van der Waals surface area contributed by atoms with E-state index in [0.717, 1.165) is 0 Å². The first-order chi connectivity index (χ1) is 17.9. The van der Waals surface area contributed by atoms with Crippen molar-refractivity contribution >= 4 is 23.8 Å². The van der Waals surface area contributed by atoms with Crippen molar-refractivity contribution in [2.45, 2.75) is 19.8 Å². The van der Waals surface area contributed by atoms with E-state index in [2.05, 4.69) is 0 Å². The zero-order valence-corrected chi connectivity index (χ0v) is 22.7. The molecule has 0 amide bonds. The molecule has 0 unspecified atom stereocenters. The summed E-state index contributed by atoms with van der Waals surface area (Å²) in [6.07, 6.45) is 0. The number of aliphatic hydroxyl groups excluding tert-OH is 3. The summed E-state index contributed by atoms with van der Waals surface area (Å²) in [6.45, 7) is -0.623. The van der Waals surface area contributed by atoms with Gasteiger partial charge in [0.25, 0.3) is 0 Å². The van der Waals surface area contributed by atoms with Crippen LogP contribution in [0, 0.1) is 0 Å².